The summed E-state index contributed by atoms with van der Waals surface area (Å²) < 4.78 is 18.4. The quantitative estimate of drug-likeness (QED) is 0.804. The van der Waals surface area contributed by atoms with E-state index >= 15 is 0 Å². The van der Waals surface area contributed by atoms with Gasteiger partial charge in [0.05, 0.1) is 29.5 Å². The third-order valence-electron chi connectivity index (χ3n) is 5.22. The molecule has 0 bridgehead atoms. The van der Waals surface area contributed by atoms with Crippen LogP contribution in [0.3, 0.4) is 0 Å². The maximum Gasteiger partial charge on any atom is 0.231 e. The molecule has 0 aromatic heterocycles. The number of thioether (sulfide) groups is 1. The molecule has 29 heavy (non-hydrogen) atoms. The van der Waals surface area contributed by atoms with Gasteiger partial charge in [0.25, 0.3) is 0 Å². The standard InChI is InChI=1S/C21H17FN2O4S/c1-28-18-8-12(2-7-17(18)25)15-9-19(26)24-20(16(15)10-23)29-11-21(24,27)13-3-5-14(22)6-4-13/h2-8,15,25,27H,9,11H2,1H3/t15-,21+/m1/s1. The first-order chi connectivity index (χ1) is 13.9. The Balaban J connectivity index is 1.80. The molecular weight excluding hydrogens is 395 g/mol. The van der Waals surface area contributed by atoms with Crippen LogP contribution in [0.1, 0.15) is 23.5 Å². The Morgan fingerprint density at radius 2 is 2.03 bits per heavy atom. The number of carbonyl (C=O) groups excluding carboxylic acids is 1. The maximum atomic E-state index is 13.3. The number of aliphatic hydroxyl groups is 1. The Morgan fingerprint density at radius 1 is 1.31 bits per heavy atom. The number of nitriles is 1. The van der Waals surface area contributed by atoms with Gasteiger partial charge in [0.1, 0.15) is 5.82 Å². The second-order valence-electron chi connectivity index (χ2n) is 6.86. The van der Waals surface area contributed by atoms with Crippen molar-refractivity contribution < 1.29 is 24.1 Å². The van der Waals surface area contributed by atoms with E-state index in [1.807, 2.05) is 0 Å². The molecule has 2 aliphatic rings. The molecule has 2 heterocycles. The number of phenolic OH excluding ortho intramolecular Hbond substituents is 1. The van der Waals surface area contributed by atoms with Crippen molar-refractivity contribution in [2.75, 3.05) is 12.9 Å². The van der Waals surface area contributed by atoms with Crippen LogP contribution in [0.15, 0.2) is 53.1 Å². The Kier molecular flexibility index (Phi) is 4.73. The lowest BCUT2D eigenvalue weighted by molar-refractivity contribution is -0.149. The number of benzene rings is 2. The zero-order valence-electron chi connectivity index (χ0n) is 15.4. The molecule has 2 atom stereocenters. The Morgan fingerprint density at radius 3 is 2.69 bits per heavy atom. The van der Waals surface area contributed by atoms with Gasteiger partial charge in [0.15, 0.2) is 17.2 Å². The predicted molar refractivity (Wildman–Crippen MR) is 104 cm³/mol. The summed E-state index contributed by atoms with van der Waals surface area (Å²) in [4.78, 5) is 14.3. The van der Waals surface area contributed by atoms with Crippen LogP contribution in [0.2, 0.25) is 0 Å². The minimum absolute atomic E-state index is 0.0234. The van der Waals surface area contributed by atoms with Crippen LogP contribution in [-0.4, -0.2) is 33.9 Å². The summed E-state index contributed by atoms with van der Waals surface area (Å²) in [5.74, 6) is -0.947. The molecule has 1 saturated heterocycles. The average Bonchev–Trinajstić information content (AvgIpc) is 3.08. The Bertz CT molecular complexity index is 1060. The molecule has 2 aromatic rings. The van der Waals surface area contributed by atoms with Crippen molar-refractivity contribution in [3.05, 3.63) is 70.0 Å². The van der Waals surface area contributed by atoms with Gasteiger partial charge in [-0.1, -0.05) is 18.2 Å². The molecule has 1 fully saturated rings. The highest BCUT2D eigenvalue weighted by Crippen LogP contribution is 2.52. The number of rotatable bonds is 3. The number of carbonyl (C=O) groups is 1. The summed E-state index contributed by atoms with van der Waals surface area (Å²) >= 11 is 1.22. The fraction of sp³-hybridized carbons (Fsp3) is 0.238. The van der Waals surface area contributed by atoms with E-state index in [9.17, 15) is 24.7 Å². The van der Waals surface area contributed by atoms with Gasteiger partial charge in [0, 0.05) is 17.9 Å². The van der Waals surface area contributed by atoms with Crippen LogP contribution in [-0.2, 0) is 10.5 Å². The minimum Gasteiger partial charge on any atom is -0.504 e. The normalized spacial score (nSPS) is 23.7. The molecule has 0 spiro atoms. The highest BCUT2D eigenvalue weighted by atomic mass is 32.2. The van der Waals surface area contributed by atoms with Crippen molar-refractivity contribution in [2.24, 2.45) is 0 Å². The van der Waals surface area contributed by atoms with E-state index < -0.39 is 17.5 Å². The number of allylic oxidation sites excluding steroid dienone is 1. The number of hydrogen-bond acceptors (Lipinski definition) is 6. The first-order valence-corrected chi connectivity index (χ1v) is 9.83. The van der Waals surface area contributed by atoms with E-state index in [-0.39, 0.29) is 29.6 Å². The van der Waals surface area contributed by atoms with E-state index in [0.717, 1.165) is 0 Å². The third kappa shape index (κ3) is 3.03. The number of hydrogen-bond donors (Lipinski definition) is 2. The number of aromatic hydroxyl groups is 1. The summed E-state index contributed by atoms with van der Waals surface area (Å²) in [5, 5.41) is 31.3. The number of nitrogens with zero attached hydrogens (tertiary/aromatic N) is 2. The van der Waals surface area contributed by atoms with Crippen molar-refractivity contribution in [1.29, 1.82) is 5.26 Å². The summed E-state index contributed by atoms with van der Waals surface area (Å²) in [7, 11) is 1.42. The number of methoxy groups -OCH3 is 1. The van der Waals surface area contributed by atoms with Crippen LogP contribution < -0.4 is 4.74 Å². The van der Waals surface area contributed by atoms with Crippen LogP contribution in [0.5, 0.6) is 11.5 Å². The molecule has 0 unspecified atom stereocenters. The number of phenols is 1. The molecule has 148 valence electrons. The molecule has 8 heteroatoms. The van der Waals surface area contributed by atoms with Crippen molar-refractivity contribution in [1.82, 2.24) is 4.90 Å². The molecule has 6 nitrogen and oxygen atoms in total. The van der Waals surface area contributed by atoms with E-state index in [4.69, 9.17) is 4.74 Å². The van der Waals surface area contributed by atoms with Crippen molar-refractivity contribution in [3.8, 4) is 17.6 Å². The Labute approximate surface area is 170 Å². The van der Waals surface area contributed by atoms with Gasteiger partial charge in [-0.3, -0.25) is 9.69 Å². The molecule has 2 N–H and O–H groups in total. The molecular formula is C21H17FN2O4S. The monoisotopic (exact) mass is 412 g/mol. The van der Waals surface area contributed by atoms with Crippen LogP contribution in [0, 0.1) is 17.1 Å². The van der Waals surface area contributed by atoms with Gasteiger partial charge in [-0.15, -0.1) is 11.8 Å². The van der Waals surface area contributed by atoms with Crippen molar-refractivity contribution in [2.45, 2.75) is 18.1 Å². The molecule has 0 aliphatic carbocycles. The number of amides is 1. The van der Waals surface area contributed by atoms with Crippen molar-refractivity contribution >= 4 is 17.7 Å². The van der Waals surface area contributed by atoms with Crippen LogP contribution in [0.4, 0.5) is 4.39 Å². The lowest BCUT2D eigenvalue weighted by atomic mass is 9.85. The molecule has 4 rings (SSSR count). The minimum atomic E-state index is -1.65. The Hall–Kier alpha value is -3.02. The van der Waals surface area contributed by atoms with Crippen LogP contribution >= 0.6 is 11.8 Å². The van der Waals surface area contributed by atoms with E-state index in [2.05, 4.69) is 6.07 Å². The number of fused-ring (bicyclic) bond motifs is 1. The average molecular weight is 412 g/mol. The van der Waals surface area contributed by atoms with Gasteiger partial charge >= 0.3 is 0 Å². The van der Waals surface area contributed by atoms with Gasteiger partial charge in [-0.25, -0.2) is 4.39 Å². The smallest absolute Gasteiger partial charge is 0.231 e. The summed E-state index contributed by atoms with van der Waals surface area (Å²) in [5.41, 5.74) is -0.239. The number of halogens is 1. The third-order valence-corrected chi connectivity index (χ3v) is 6.45. The van der Waals surface area contributed by atoms with Gasteiger partial charge in [-0.05, 0) is 29.8 Å². The van der Waals surface area contributed by atoms with E-state index in [1.165, 1.54) is 54.1 Å². The zero-order chi connectivity index (χ0) is 20.8. The fourth-order valence-corrected chi connectivity index (χ4v) is 5.11. The van der Waals surface area contributed by atoms with E-state index in [0.29, 0.717) is 21.7 Å². The maximum absolute atomic E-state index is 13.3. The highest BCUT2D eigenvalue weighted by molar-refractivity contribution is 8.03. The van der Waals surface area contributed by atoms with Gasteiger partial charge < -0.3 is 14.9 Å². The summed E-state index contributed by atoms with van der Waals surface area (Å²) in [6.07, 6.45) is -0.0234. The second-order valence-corrected chi connectivity index (χ2v) is 7.82. The molecule has 2 aromatic carbocycles. The predicted octanol–water partition coefficient (Wildman–Crippen LogP) is 3.18. The first kappa shape index (κ1) is 19.3. The zero-order valence-corrected chi connectivity index (χ0v) is 16.2. The lowest BCUT2D eigenvalue weighted by Crippen LogP contribution is -2.48. The van der Waals surface area contributed by atoms with Gasteiger partial charge in [-0.2, -0.15) is 5.26 Å². The largest absolute Gasteiger partial charge is 0.504 e. The second kappa shape index (κ2) is 7.10. The van der Waals surface area contributed by atoms with Crippen LogP contribution in [0.25, 0.3) is 0 Å². The topological polar surface area (TPSA) is 93.8 Å². The fourth-order valence-electron chi connectivity index (χ4n) is 3.75. The summed E-state index contributed by atoms with van der Waals surface area (Å²) in [6, 6.07) is 12.2. The SMILES string of the molecule is COc1cc([C@H]2CC(=O)N3C(=C2C#N)SC[C@]3(O)c2ccc(F)cc2)ccc1O. The molecule has 1 amide bonds. The van der Waals surface area contributed by atoms with E-state index in [1.54, 1.807) is 12.1 Å². The first-order valence-electron chi connectivity index (χ1n) is 8.84. The summed E-state index contributed by atoms with van der Waals surface area (Å²) in [6.45, 7) is 0. The van der Waals surface area contributed by atoms with Crippen molar-refractivity contribution in [3.63, 3.8) is 0 Å². The molecule has 0 radical (unpaired) electrons. The highest BCUT2D eigenvalue weighted by Gasteiger charge is 2.51. The number of ether oxygens (including phenoxy) is 1. The van der Waals surface area contributed by atoms with Gasteiger partial charge in [0.2, 0.25) is 5.91 Å². The molecule has 2 aliphatic heterocycles. The molecule has 0 saturated carbocycles. The lowest BCUT2D eigenvalue weighted by Gasteiger charge is -2.38.